The lowest BCUT2D eigenvalue weighted by Gasteiger charge is -2.17. The largest absolute Gasteiger partial charge is 0.207 e. The number of allylic oxidation sites excluding steroid dienone is 2. The molecule has 1 aromatic carbocycles. The highest BCUT2D eigenvalue weighted by Gasteiger charge is 2.18. The van der Waals surface area contributed by atoms with Crippen molar-refractivity contribution >= 4 is 0 Å². The normalized spacial score (nSPS) is 21.1. The van der Waals surface area contributed by atoms with Crippen molar-refractivity contribution in [1.82, 2.24) is 0 Å². The summed E-state index contributed by atoms with van der Waals surface area (Å²) in [5.74, 6) is -0.937. The first-order chi connectivity index (χ1) is 6.79. The predicted octanol–water partition coefficient (Wildman–Crippen LogP) is 3.79. The molecule has 1 aliphatic rings. The molecule has 1 unspecified atom stereocenters. The smallest absolute Gasteiger partial charge is 0.129 e. The van der Waals surface area contributed by atoms with Gasteiger partial charge in [0.1, 0.15) is 11.6 Å². The molecule has 0 radical (unpaired) electrons. The maximum absolute atomic E-state index is 13.4. The predicted molar refractivity (Wildman–Crippen MR) is 52.1 cm³/mol. The van der Waals surface area contributed by atoms with Crippen molar-refractivity contribution in [3.63, 3.8) is 0 Å². The van der Waals surface area contributed by atoms with Crippen LogP contribution in [0.1, 0.15) is 30.7 Å². The molecule has 0 bridgehead atoms. The first kappa shape index (κ1) is 9.38. The first-order valence-electron chi connectivity index (χ1n) is 4.89. The highest BCUT2D eigenvalue weighted by molar-refractivity contribution is 5.28. The molecule has 0 saturated heterocycles. The summed E-state index contributed by atoms with van der Waals surface area (Å²) in [6.45, 7) is 0. The minimum atomic E-state index is -0.429. The zero-order valence-electron chi connectivity index (χ0n) is 7.84. The van der Waals surface area contributed by atoms with Crippen molar-refractivity contribution in [3.05, 3.63) is 47.5 Å². The second kappa shape index (κ2) is 3.91. The Hall–Kier alpha value is -1.18. The van der Waals surface area contributed by atoms with Crippen molar-refractivity contribution in [2.24, 2.45) is 0 Å². The van der Waals surface area contributed by atoms with Gasteiger partial charge in [-0.1, -0.05) is 18.2 Å². The summed E-state index contributed by atoms with van der Waals surface area (Å²) >= 11 is 0. The van der Waals surface area contributed by atoms with E-state index in [1.54, 1.807) is 0 Å². The second-order valence-corrected chi connectivity index (χ2v) is 3.60. The highest BCUT2D eigenvalue weighted by atomic mass is 19.1. The van der Waals surface area contributed by atoms with Crippen molar-refractivity contribution in [2.75, 3.05) is 0 Å². The molecule has 2 rings (SSSR count). The van der Waals surface area contributed by atoms with Gasteiger partial charge in [0.2, 0.25) is 0 Å². The molecule has 0 amide bonds. The Morgan fingerprint density at radius 2 is 1.86 bits per heavy atom. The lowest BCUT2D eigenvalue weighted by molar-refractivity contribution is 0.524. The van der Waals surface area contributed by atoms with Crippen molar-refractivity contribution in [2.45, 2.75) is 25.2 Å². The molecule has 0 aromatic heterocycles. The Bertz CT molecular complexity index is 335. The van der Waals surface area contributed by atoms with Crippen LogP contribution in [-0.4, -0.2) is 0 Å². The average Bonchev–Trinajstić information content (AvgIpc) is 2.19. The Morgan fingerprint density at radius 3 is 2.43 bits per heavy atom. The van der Waals surface area contributed by atoms with Crippen LogP contribution in [0, 0.1) is 11.6 Å². The lowest BCUT2D eigenvalue weighted by Crippen LogP contribution is -2.04. The molecule has 0 fully saturated rings. The number of rotatable bonds is 1. The fourth-order valence-electron chi connectivity index (χ4n) is 1.92. The molecule has 0 aliphatic heterocycles. The van der Waals surface area contributed by atoms with Gasteiger partial charge in [-0.2, -0.15) is 0 Å². The molecule has 74 valence electrons. The van der Waals surface area contributed by atoms with E-state index in [1.165, 1.54) is 18.2 Å². The molecule has 0 nitrogen and oxygen atoms in total. The molecule has 1 aliphatic carbocycles. The minimum Gasteiger partial charge on any atom is -0.207 e. The van der Waals surface area contributed by atoms with E-state index in [1.807, 2.05) is 12.2 Å². The third kappa shape index (κ3) is 1.69. The van der Waals surface area contributed by atoms with Crippen molar-refractivity contribution in [1.29, 1.82) is 0 Å². The molecule has 1 atom stereocenters. The summed E-state index contributed by atoms with van der Waals surface area (Å²) in [4.78, 5) is 0. The van der Waals surface area contributed by atoms with Gasteiger partial charge in [-0.3, -0.25) is 0 Å². The van der Waals surface area contributed by atoms with Crippen LogP contribution in [0.25, 0.3) is 0 Å². The quantitative estimate of drug-likeness (QED) is 0.597. The monoisotopic (exact) mass is 194 g/mol. The third-order valence-corrected chi connectivity index (χ3v) is 2.62. The average molecular weight is 194 g/mol. The zero-order valence-corrected chi connectivity index (χ0v) is 7.84. The molecule has 0 heterocycles. The fraction of sp³-hybridized carbons (Fsp3) is 0.333. The lowest BCUT2D eigenvalue weighted by atomic mass is 9.89. The second-order valence-electron chi connectivity index (χ2n) is 3.60. The molecule has 14 heavy (non-hydrogen) atoms. The Morgan fingerprint density at radius 1 is 1.14 bits per heavy atom. The summed E-state index contributed by atoms with van der Waals surface area (Å²) in [6.07, 6.45) is 6.78. The van der Waals surface area contributed by atoms with E-state index < -0.39 is 11.6 Å². The summed E-state index contributed by atoms with van der Waals surface area (Å²) in [7, 11) is 0. The molecular formula is C12H12F2. The van der Waals surface area contributed by atoms with Gasteiger partial charge < -0.3 is 0 Å². The standard InChI is InChI=1S/C12H12F2/c13-10-7-4-8-11(14)12(10)9-5-2-1-3-6-9/h2,4-5,7-9H,1,3,6H2. The van der Waals surface area contributed by atoms with Crippen LogP contribution < -0.4 is 0 Å². The molecule has 0 spiro atoms. The fourth-order valence-corrected chi connectivity index (χ4v) is 1.92. The van der Waals surface area contributed by atoms with Crippen LogP contribution in [0.15, 0.2) is 30.4 Å². The van der Waals surface area contributed by atoms with Crippen molar-refractivity contribution in [3.8, 4) is 0 Å². The van der Waals surface area contributed by atoms with E-state index in [-0.39, 0.29) is 11.5 Å². The number of hydrogen-bond donors (Lipinski definition) is 0. The van der Waals surface area contributed by atoms with Gasteiger partial charge in [0, 0.05) is 11.5 Å². The van der Waals surface area contributed by atoms with Gasteiger partial charge in [-0.25, -0.2) is 8.78 Å². The number of halogens is 2. The Labute approximate surface area is 82.3 Å². The zero-order chi connectivity index (χ0) is 9.97. The van der Waals surface area contributed by atoms with E-state index in [9.17, 15) is 8.78 Å². The maximum Gasteiger partial charge on any atom is 0.129 e. The van der Waals surface area contributed by atoms with E-state index in [2.05, 4.69) is 0 Å². The first-order valence-corrected chi connectivity index (χ1v) is 4.89. The van der Waals surface area contributed by atoms with Crippen LogP contribution in [-0.2, 0) is 0 Å². The molecule has 1 aromatic rings. The minimum absolute atomic E-state index is 0.0788. The highest BCUT2D eigenvalue weighted by Crippen LogP contribution is 2.30. The van der Waals surface area contributed by atoms with E-state index in [0.29, 0.717) is 0 Å². The molecular weight excluding hydrogens is 182 g/mol. The summed E-state index contributed by atoms with van der Waals surface area (Å²) in [6, 6.07) is 4.04. The van der Waals surface area contributed by atoms with Crippen LogP contribution >= 0.6 is 0 Å². The van der Waals surface area contributed by atoms with Crippen LogP contribution in [0.3, 0.4) is 0 Å². The summed E-state index contributed by atoms with van der Waals surface area (Å²) in [5.41, 5.74) is 0.225. The van der Waals surface area contributed by atoms with Gasteiger partial charge in [0.05, 0.1) is 0 Å². The maximum atomic E-state index is 13.4. The van der Waals surface area contributed by atoms with E-state index in [0.717, 1.165) is 19.3 Å². The van der Waals surface area contributed by atoms with Gasteiger partial charge in [-0.15, -0.1) is 0 Å². The van der Waals surface area contributed by atoms with Crippen LogP contribution in [0.5, 0.6) is 0 Å². The SMILES string of the molecule is Fc1cccc(F)c1C1C=CCCC1. The van der Waals surface area contributed by atoms with Crippen molar-refractivity contribution < 1.29 is 8.78 Å². The van der Waals surface area contributed by atoms with E-state index in [4.69, 9.17) is 0 Å². The van der Waals surface area contributed by atoms with Gasteiger partial charge >= 0.3 is 0 Å². The van der Waals surface area contributed by atoms with Gasteiger partial charge in [0.25, 0.3) is 0 Å². The number of benzene rings is 1. The topological polar surface area (TPSA) is 0 Å². The Balaban J connectivity index is 2.39. The summed E-state index contributed by atoms with van der Waals surface area (Å²) in [5, 5.41) is 0. The molecule has 0 saturated carbocycles. The Kier molecular flexibility index (Phi) is 2.62. The summed E-state index contributed by atoms with van der Waals surface area (Å²) < 4.78 is 26.7. The molecule has 2 heteroatoms. The van der Waals surface area contributed by atoms with Gasteiger partial charge in [0.15, 0.2) is 0 Å². The van der Waals surface area contributed by atoms with Crippen LogP contribution in [0.2, 0.25) is 0 Å². The third-order valence-electron chi connectivity index (χ3n) is 2.62. The molecule has 0 N–H and O–H groups in total. The number of hydrogen-bond acceptors (Lipinski definition) is 0. The van der Waals surface area contributed by atoms with E-state index >= 15 is 0 Å². The van der Waals surface area contributed by atoms with Crippen LogP contribution in [0.4, 0.5) is 8.78 Å². The van der Waals surface area contributed by atoms with Gasteiger partial charge in [-0.05, 0) is 31.4 Å².